The molecular weight excluding hydrogens is 419 g/mol. The van der Waals surface area contributed by atoms with E-state index in [0.29, 0.717) is 26.6 Å². The van der Waals surface area contributed by atoms with Gasteiger partial charge < -0.3 is 10.1 Å². The van der Waals surface area contributed by atoms with Crippen molar-refractivity contribution in [1.82, 2.24) is 14.8 Å². The fourth-order valence-electron chi connectivity index (χ4n) is 2.67. The molecule has 0 atom stereocenters. The molecule has 2 heterocycles. The average molecular weight is 433 g/mol. The SMILES string of the molecule is COc1ccc2nc(-n3nc(C)cc3NC(=O)c3ccc(Cl)c(Cl)c3)sc2c1. The van der Waals surface area contributed by atoms with Gasteiger partial charge in [0.15, 0.2) is 0 Å². The van der Waals surface area contributed by atoms with Gasteiger partial charge in [-0.3, -0.25) is 4.79 Å². The van der Waals surface area contributed by atoms with Gasteiger partial charge >= 0.3 is 0 Å². The Balaban J connectivity index is 1.68. The van der Waals surface area contributed by atoms with E-state index in [1.807, 2.05) is 25.1 Å². The number of carbonyl (C=O) groups is 1. The van der Waals surface area contributed by atoms with Crippen LogP contribution in [0.2, 0.25) is 10.0 Å². The number of methoxy groups -OCH3 is 1. The maximum Gasteiger partial charge on any atom is 0.256 e. The van der Waals surface area contributed by atoms with Gasteiger partial charge in [-0.05, 0) is 43.3 Å². The average Bonchev–Trinajstić information content (AvgIpc) is 3.25. The fraction of sp³-hybridized carbons (Fsp3) is 0.105. The molecule has 0 saturated heterocycles. The summed E-state index contributed by atoms with van der Waals surface area (Å²) in [7, 11) is 1.62. The number of rotatable bonds is 4. The van der Waals surface area contributed by atoms with E-state index in [1.54, 1.807) is 30.0 Å². The van der Waals surface area contributed by atoms with Gasteiger partial charge in [-0.2, -0.15) is 9.78 Å². The summed E-state index contributed by atoms with van der Waals surface area (Å²) < 4.78 is 7.84. The molecule has 0 bridgehead atoms. The van der Waals surface area contributed by atoms with Crippen LogP contribution in [0.15, 0.2) is 42.5 Å². The highest BCUT2D eigenvalue weighted by Crippen LogP contribution is 2.30. The van der Waals surface area contributed by atoms with Crippen molar-refractivity contribution < 1.29 is 9.53 Å². The first kappa shape index (κ1) is 18.7. The van der Waals surface area contributed by atoms with Crippen LogP contribution < -0.4 is 10.1 Å². The third-order valence-corrected chi connectivity index (χ3v) is 5.75. The van der Waals surface area contributed by atoms with Crippen molar-refractivity contribution in [3.63, 3.8) is 0 Å². The topological polar surface area (TPSA) is 69.0 Å². The number of nitrogens with zero attached hydrogens (tertiary/aromatic N) is 3. The quantitative estimate of drug-likeness (QED) is 0.471. The minimum absolute atomic E-state index is 0.317. The standard InChI is InChI=1S/C19H14Cl2N4O2S/c1-10-7-17(23-18(26)11-3-5-13(20)14(21)8-11)25(24-10)19-22-15-6-4-12(27-2)9-16(15)28-19/h3-9H,1-2H3,(H,23,26). The fourth-order valence-corrected chi connectivity index (χ4v) is 3.93. The smallest absolute Gasteiger partial charge is 0.256 e. The molecule has 6 nitrogen and oxygen atoms in total. The van der Waals surface area contributed by atoms with Crippen LogP contribution in [0, 0.1) is 6.92 Å². The lowest BCUT2D eigenvalue weighted by molar-refractivity contribution is 0.102. The first-order valence-corrected chi connectivity index (χ1v) is 9.80. The summed E-state index contributed by atoms with van der Waals surface area (Å²) in [5, 5.41) is 8.68. The molecule has 0 fully saturated rings. The van der Waals surface area contributed by atoms with E-state index in [4.69, 9.17) is 27.9 Å². The van der Waals surface area contributed by atoms with E-state index >= 15 is 0 Å². The number of thiazole rings is 1. The summed E-state index contributed by atoms with van der Waals surface area (Å²) in [5.74, 6) is 0.953. The van der Waals surface area contributed by atoms with Gasteiger partial charge in [0.05, 0.1) is 33.1 Å². The highest BCUT2D eigenvalue weighted by molar-refractivity contribution is 7.20. The van der Waals surface area contributed by atoms with E-state index < -0.39 is 0 Å². The lowest BCUT2D eigenvalue weighted by Crippen LogP contribution is -2.15. The second-order valence-electron chi connectivity index (χ2n) is 6.00. The zero-order chi connectivity index (χ0) is 19.8. The van der Waals surface area contributed by atoms with Crippen LogP contribution in [0.5, 0.6) is 5.75 Å². The molecule has 0 saturated carbocycles. The van der Waals surface area contributed by atoms with Gasteiger partial charge in [0.2, 0.25) is 5.13 Å². The Morgan fingerprint density at radius 1 is 1.14 bits per heavy atom. The normalized spacial score (nSPS) is 11.0. The second-order valence-corrected chi connectivity index (χ2v) is 7.82. The van der Waals surface area contributed by atoms with Gasteiger partial charge in [0.1, 0.15) is 11.6 Å². The molecule has 0 spiro atoms. The Labute approximate surface area is 174 Å². The minimum Gasteiger partial charge on any atom is -0.497 e. The molecule has 2 aromatic heterocycles. The molecular formula is C19H14Cl2N4O2S. The molecule has 0 aliphatic rings. The number of hydrogen-bond acceptors (Lipinski definition) is 5. The number of aromatic nitrogens is 3. The van der Waals surface area contributed by atoms with Crippen molar-refractivity contribution in [3.8, 4) is 10.9 Å². The predicted molar refractivity (Wildman–Crippen MR) is 112 cm³/mol. The number of hydrogen-bond donors (Lipinski definition) is 1. The molecule has 28 heavy (non-hydrogen) atoms. The second kappa shape index (κ2) is 7.43. The van der Waals surface area contributed by atoms with Crippen LogP contribution in [-0.4, -0.2) is 27.8 Å². The molecule has 0 aliphatic heterocycles. The Morgan fingerprint density at radius 3 is 2.71 bits per heavy atom. The van der Waals surface area contributed by atoms with E-state index in [0.717, 1.165) is 21.7 Å². The molecule has 0 radical (unpaired) electrons. The highest BCUT2D eigenvalue weighted by atomic mass is 35.5. The van der Waals surface area contributed by atoms with E-state index in [9.17, 15) is 4.79 Å². The predicted octanol–water partition coefficient (Wildman–Crippen LogP) is 5.36. The number of aryl methyl sites for hydroxylation is 1. The molecule has 0 unspecified atom stereocenters. The molecule has 1 N–H and O–H groups in total. The monoisotopic (exact) mass is 432 g/mol. The van der Waals surface area contributed by atoms with Crippen molar-refractivity contribution >= 4 is 56.5 Å². The van der Waals surface area contributed by atoms with Crippen LogP contribution in [-0.2, 0) is 0 Å². The van der Waals surface area contributed by atoms with Crippen molar-refractivity contribution in [3.05, 3.63) is 63.8 Å². The number of benzene rings is 2. The van der Waals surface area contributed by atoms with Crippen molar-refractivity contribution in [2.24, 2.45) is 0 Å². The van der Waals surface area contributed by atoms with Crippen LogP contribution >= 0.6 is 34.5 Å². The Morgan fingerprint density at radius 2 is 1.96 bits per heavy atom. The van der Waals surface area contributed by atoms with Crippen LogP contribution in [0.1, 0.15) is 16.1 Å². The van der Waals surface area contributed by atoms with Gasteiger partial charge in [-0.15, -0.1) is 0 Å². The number of ether oxygens (including phenoxy) is 1. The van der Waals surface area contributed by atoms with Gasteiger partial charge in [-0.25, -0.2) is 4.98 Å². The van der Waals surface area contributed by atoms with Crippen LogP contribution in [0.4, 0.5) is 5.82 Å². The molecule has 4 aromatic rings. The number of amides is 1. The first-order chi connectivity index (χ1) is 13.4. The first-order valence-electron chi connectivity index (χ1n) is 8.22. The molecule has 142 valence electrons. The Hall–Kier alpha value is -2.61. The summed E-state index contributed by atoms with van der Waals surface area (Å²) in [6, 6.07) is 12.2. The number of anilines is 1. The molecule has 9 heteroatoms. The highest BCUT2D eigenvalue weighted by Gasteiger charge is 2.16. The van der Waals surface area contributed by atoms with E-state index in [-0.39, 0.29) is 5.91 Å². The zero-order valence-electron chi connectivity index (χ0n) is 14.9. The molecule has 1 amide bonds. The van der Waals surface area contributed by atoms with Crippen molar-refractivity contribution in [2.75, 3.05) is 12.4 Å². The Kier molecular flexibility index (Phi) is 4.97. The maximum atomic E-state index is 12.6. The largest absolute Gasteiger partial charge is 0.497 e. The van der Waals surface area contributed by atoms with E-state index in [1.165, 1.54) is 17.4 Å². The van der Waals surface area contributed by atoms with Crippen molar-refractivity contribution in [2.45, 2.75) is 6.92 Å². The van der Waals surface area contributed by atoms with Crippen molar-refractivity contribution in [1.29, 1.82) is 0 Å². The summed E-state index contributed by atoms with van der Waals surface area (Å²) >= 11 is 13.4. The minimum atomic E-state index is -0.317. The van der Waals surface area contributed by atoms with Gasteiger partial charge in [0.25, 0.3) is 5.91 Å². The summed E-state index contributed by atoms with van der Waals surface area (Å²) in [6.45, 7) is 1.85. The third-order valence-electron chi connectivity index (χ3n) is 4.02. The lowest BCUT2D eigenvalue weighted by atomic mass is 10.2. The van der Waals surface area contributed by atoms with Gasteiger partial charge in [0, 0.05) is 11.6 Å². The van der Waals surface area contributed by atoms with Crippen LogP contribution in [0.3, 0.4) is 0 Å². The third kappa shape index (κ3) is 3.56. The van der Waals surface area contributed by atoms with Crippen LogP contribution in [0.25, 0.3) is 15.3 Å². The molecule has 2 aromatic carbocycles. The number of fused-ring (bicyclic) bond motifs is 1. The molecule has 4 rings (SSSR count). The number of halogens is 2. The summed E-state index contributed by atoms with van der Waals surface area (Å²) in [6.07, 6.45) is 0. The van der Waals surface area contributed by atoms with E-state index in [2.05, 4.69) is 15.4 Å². The zero-order valence-corrected chi connectivity index (χ0v) is 17.2. The lowest BCUT2D eigenvalue weighted by Gasteiger charge is -2.07. The summed E-state index contributed by atoms with van der Waals surface area (Å²) in [5.41, 5.74) is 1.98. The Bertz CT molecular complexity index is 1200. The number of nitrogens with one attached hydrogen (secondary N) is 1. The maximum absolute atomic E-state index is 12.6. The summed E-state index contributed by atoms with van der Waals surface area (Å²) in [4.78, 5) is 17.3. The van der Waals surface area contributed by atoms with Gasteiger partial charge in [-0.1, -0.05) is 34.5 Å². The molecule has 0 aliphatic carbocycles. The number of carbonyl (C=O) groups excluding carboxylic acids is 1.